The molecule has 3 aromatic carbocycles. The quantitative estimate of drug-likeness (QED) is 0.250. The molecule has 0 bridgehead atoms. The molecule has 0 saturated heterocycles. The molecule has 3 aromatic rings. The summed E-state index contributed by atoms with van der Waals surface area (Å²) in [5, 5.41) is 4.02. The van der Waals surface area contributed by atoms with Gasteiger partial charge in [0.15, 0.2) is 0 Å². The van der Waals surface area contributed by atoms with Crippen molar-refractivity contribution in [1.82, 2.24) is 10.2 Å². The van der Waals surface area contributed by atoms with Gasteiger partial charge in [-0.2, -0.15) is 0 Å². The van der Waals surface area contributed by atoms with Gasteiger partial charge in [0.25, 0.3) is 10.0 Å². The first-order chi connectivity index (χ1) is 19.0. The van der Waals surface area contributed by atoms with Crippen molar-refractivity contribution in [3.05, 3.63) is 92.9 Å². The molecule has 3 rings (SSSR count). The van der Waals surface area contributed by atoms with Crippen LogP contribution in [0.25, 0.3) is 0 Å². The van der Waals surface area contributed by atoms with Crippen LogP contribution in [0.5, 0.6) is 0 Å². The van der Waals surface area contributed by atoms with Crippen LogP contribution >= 0.6 is 34.8 Å². The monoisotopic (exact) mass is 623 g/mol. The average Bonchev–Trinajstić information content (AvgIpc) is 2.92. The number of halogens is 3. The summed E-state index contributed by atoms with van der Waals surface area (Å²) >= 11 is 18.6. The fraction of sp³-hybridized carbons (Fsp3) is 0.310. The summed E-state index contributed by atoms with van der Waals surface area (Å²) in [7, 11) is -4.17. The predicted molar refractivity (Wildman–Crippen MR) is 162 cm³/mol. The van der Waals surface area contributed by atoms with Crippen molar-refractivity contribution in [3.8, 4) is 0 Å². The number of hydrogen-bond donors (Lipinski definition) is 1. The molecule has 0 unspecified atom stereocenters. The maximum absolute atomic E-state index is 14.0. The van der Waals surface area contributed by atoms with Crippen LogP contribution in [0.1, 0.15) is 37.8 Å². The number of nitrogens with zero attached hydrogens (tertiary/aromatic N) is 2. The molecule has 0 spiro atoms. The Kier molecular flexibility index (Phi) is 11.3. The van der Waals surface area contributed by atoms with Crippen molar-refractivity contribution in [2.75, 3.05) is 17.4 Å². The number of anilines is 1. The average molecular weight is 625 g/mol. The number of benzene rings is 3. The summed E-state index contributed by atoms with van der Waals surface area (Å²) in [6.07, 6.45) is 1.02. The van der Waals surface area contributed by atoms with E-state index in [-0.39, 0.29) is 23.0 Å². The van der Waals surface area contributed by atoms with Gasteiger partial charge in [0.2, 0.25) is 11.8 Å². The van der Waals surface area contributed by atoms with Gasteiger partial charge in [0.05, 0.1) is 10.6 Å². The number of amides is 2. The van der Waals surface area contributed by atoms with E-state index >= 15 is 0 Å². The van der Waals surface area contributed by atoms with Crippen LogP contribution in [0.4, 0.5) is 5.69 Å². The maximum atomic E-state index is 14.0. The number of hydrogen-bond acceptors (Lipinski definition) is 4. The van der Waals surface area contributed by atoms with Crippen molar-refractivity contribution >= 4 is 62.3 Å². The Morgan fingerprint density at radius 3 is 2.10 bits per heavy atom. The Hall–Kier alpha value is -2.78. The van der Waals surface area contributed by atoms with Crippen molar-refractivity contribution in [2.24, 2.45) is 0 Å². The highest BCUT2D eigenvalue weighted by atomic mass is 35.5. The highest BCUT2D eigenvalue weighted by Crippen LogP contribution is 2.28. The van der Waals surface area contributed by atoms with Crippen LogP contribution < -0.4 is 9.62 Å². The lowest BCUT2D eigenvalue weighted by Crippen LogP contribution is -2.52. The molecule has 214 valence electrons. The lowest BCUT2D eigenvalue weighted by Gasteiger charge is -2.33. The number of sulfonamides is 1. The van der Waals surface area contributed by atoms with Gasteiger partial charge in [-0.25, -0.2) is 8.42 Å². The molecule has 0 aliphatic rings. The Morgan fingerprint density at radius 1 is 0.900 bits per heavy atom. The van der Waals surface area contributed by atoms with Crippen molar-refractivity contribution in [3.63, 3.8) is 0 Å². The molecular formula is C29H32Cl3N3O4S. The van der Waals surface area contributed by atoms with Gasteiger partial charge in [0.1, 0.15) is 12.6 Å². The summed E-state index contributed by atoms with van der Waals surface area (Å²) in [6, 6.07) is 16.6. The van der Waals surface area contributed by atoms with E-state index in [1.54, 1.807) is 49.4 Å². The molecule has 1 N–H and O–H groups in total. The topological polar surface area (TPSA) is 86.8 Å². The Labute approximate surface area is 251 Å². The van der Waals surface area contributed by atoms with Crippen molar-refractivity contribution < 1.29 is 18.0 Å². The van der Waals surface area contributed by atoms with Gasteiger partial charge in [0, 0.05) is 28.2 Å². The van der Waals surface area contributed by atoms with Gasteiger partial charge < -0.3 is 10.2 Å². The van der Waals surface area contributed by atoms with Crippen LogP contribution in [-0.2, 0) is 26.2 Å². The van der Waals surface area contributed by atoms with E-state index in [1.807, 2.05) is 13.8 Å². The van der Waals surface area contributed by atoms with Gasteiger partial charge in [-0.05, 0) is 73.9 Å². The molecule has 0 aromatic heterocycles. The minimum atomic E-state index is -4.17. The summed E-state index contributed by atoms with van der Waals surface area (Å²) in [4.78, 5) is 28.6. The molecular weight excluding hydrogens is 593 g/mol. The van der Waals surface area contributed by atoms with E-state index in [9.17, 15) is 18.0 Å². The highest BCUT2D eigenvalue weighted by Gasteiger charge is 2.34. The second-order valence-electron chi connectivity index (χ2n) is 9.27. The number of aryl methyl sites for hydroxylation is 1. The highest BCUT2D eigenvalue weighted by molar-refractivity contribution is 7.92. The summed E-state index contributed by atoms with van der Waals surface area (Å²) < 4.78 is 28.7. The van der Waals surface area contributed by atoms with E-state index in [2.05, 4.69) is 5.32 Å². The summed E-state index contributed by atoms with van der Waals surface area (Å²) in [5.74, 6) is -0.905. The number of nitrogens with one attached hydrogen (secondary N) is 1. The van der Waals surface area contributed by atoms with Crippen molar-refractivity contribution in [1.29, 1.82) is 0 Å². The summed E-state index contributed by atoms with van der Waals surface area (Å²) in [5.41, 5.74) is 1.72. The molecule has 0 aliphatic heterocycles. The second kappa shape index (κ2) is 14.2. The Bertz CT molecular complexity index is 1430. The Balaban J connectivity index is 2.06. The van der Waals surface area contributed by atoms with Crippen LogP contribution in [-0.4, -0.2) is 44.3 Å². The molecule has 0 saturated carbocycles. The van der Waals surface area contributed by atoms with Crippen LogP contribution in [0.2, 0.25) is 15.1 Å². The smallest absolute Gasteiger partial charge is 0.264 e. The molecule has 0 radical (unpaired) electrons. The zero-order valence-corrected chi connectivity index (χ0v) is 25.6. The molecule has 40 heavy (non-hydrogen) atoms. The molecule has 1 atom stereocenters. The molecule has 0 aliphatic carbocycles. The first kappa shape index (κ1) is 31.7. The third-order valence-electron chi connectivity index (χ3n) is 6.29. The number of carbonyl (C=O) groups is 2. The van der Waals surface area contributed by atoms with E-state index in [0.717, 1.165) is 16.3 Å². The first-order valence-electron chi connectivity index (χ1n) is 12.8. The molecule has 0 heterocycles. The van der Waals surface area contributed by atoms with Gasteiger partial charge in [-0.3, -0.25) is 13.9 Å². The van der Waals surface area contributed by atoms with Crippen molar-refractivity contribution in [2.45, 2.75) is 51.1 Å². The first-order valence-corrected chi connectivity index (χ1v) is 15.4. The lowest BCUT2D eigenvalue weighted by molar-refractivity contribution is -0.140. The SMILES string of the molecule is CCCNC(=O)[C@@H](CC)N(Cc1ccc(Cl)cc1Cl)C(=O)CN(c1ccc(Cl)cc1)S(=O)(=O)c1ccc(C)cc1. The van der Waals surface area contributed by atoms with Crippen LogP contribution in [0, 0.1) is 6.92 Å². The fourth-order valence-electron chi connectivity index (χ4n) is 4.09. The number of carbonyl (C=O) groups excluding carboxylic acids is 2. The normalized spacial score (nSPS) is 12.1. The molecule has 0 fully saturated rings. The van der Waals surface area contributed by atoms with E-state index in [0.29, 0.717) is 33.6 Å². The summed E-state index contributed by atoms with van der Waals surface area (Å²) in [6.45, 7) is 5.44. The molecule has 11 heteroatoms. The maximum Gasteiger partial charge on any atom is 0.264 e. The van der Waals surface area contributed by atoms with Gasteiger partial charge >= 0.3 is 0 Å². The minimum Gasteiger partial charge on any atom is -0.354 e. The van der Waals surface area contributed by atoms with Gasteiger partial charge in [-0.1, -0.05) is 72.4 Å². The Morgan fingerprint density at radius 2 is 1.52 bits per heavy atom. The van der Waals surface area contributed by atoms with E-state index in [4.69, 9.17) is 34.8 Å². The van der Waals surface area contributed by atoms with Gasteiger partial charge in [-0.15, -0.1) is 0 Å². The second-order valence-corrected chi connectivity index (χ2v) is 12.4. The zero-order chi connectivity index (χ0) is 29.4. The standard InChI is InChI=1S/C29H32Cl3N3O4S/c1-4-16-33-29(37)27(5-2)34(18-21-8-9-23(31)17-26(21)32)28(36)19-35(24-12-10-22(30)11-13-24)40(38,39)25-14-6-20(3)7-15-25/h6-15,17,27H,4-5,16,18-19H2,1-3H3,(H,33,37)/t27-/m1/s1. The van der Waals surface area contributed by atoms with Crippen LogP contribution in [0.3, 0.4) is 0 Å². The lowest BCUT2D eigenvalue weighted by atomic mass is 10.1. The van der Waals surface area contributed by atoms with E-state index in [1.165, 1.54) is 29.2 Å². The molecule has 7 nitrogen and oxygen atoms in total. The predicted octanol–water partition coefficient (Wildman–Crippen LogP) is 6.48. The minimum absolute atomic E-state index is 0.0219. The van der Waals surface area contributed by atoms with Crippen LogP contribution in [0.15, 0.2) is 71.6 Å². The molecule has 2 amide bonds. The van der Waals surface area contributed by atoms with E-state index < -0.39 is 28.5 Å². The number of rotatable bonds is 12. The fourth-order valence-corrected chi connectivity index (χ4v) is 6.10. The third kappa shape index (κ3) is 7.91. The third-order valence-corrected chi connectivity index (χ3v) is 8.92. The largest absolute Gasteiger partial charge is 0.354 e. The zero-order valence-electron chi connectivity index (χ0n) is 22.5.